The Morgan fingerprint density at radius 3 is 1.88 bits per heavy atom. The van der Waals surface area contributed by atoms with Gasteiger partial charge in [0.1, 0.15) is 6.29 Å². The first-order valence-electron chi connectivity index (χ1n) is 6.95. The van der Waals surface area contributed by atoms with Crippen molar-refractivity contribution in [3.8, 4) is 0 Å². The minimum Gasteiger partial charge on any atom is -0.416 e. The summed E-state index contributed by atoms with van der Waals surface area (Å²) in [6, 6.07) is 0. The standard InChI is InChI=1S/C14H28O2Si/c1-10(2)17(11(3)4,12(5)6)16-9-14-7-13(14)8-15/h8,10-14H,7,9H2,1-6H3/t13-,14-/m1/s1. The molecule has 0 aromatic carbocycles. The molecule has 0 saturated heterocycles. The van der Waals surface area contributed by atoms with Crippen LogP contribution in [0.15, 0.2) is 0 Å². The van der Waals surface area contributed by atoms with Crippen LogP contribution in [-0.2, 0) is 9.22 Å². The Labute approximate surface area is 107 Å². The van der Waals surface area contributed by atoms with E-state index in [-0.39, 0.29) is 5.92 Å². The van der Waals surface area contributed by atoms with Crippen molar-refractivity contribution in [2.75, 3.05) is 6.61 Å². The molecule has 1 rings (SSSR count). The Bertz CT molecular complexity index is 239. The van der Waals surface area contributed by atoms with Gasteiger partial charge in [-0.2, -0.15) is 0 Å². The van der Waals surface area contributed by atoms with Crippen LogP contribution >= 0.6 is 0 Å². The molecule has 17 heavy (non-hydrogen) atoms. The SMILES string of the molecule is CC(C)[Si](OC[C@H]1C[C@@H]1C=O)(C(C)C)C(C)C. The molecule has 0 radical (unpaired) electrons. The van der Waals surface area contributed by atoms with Crippen molar-refractivity contribution in [1.82, 2.24) is 0 Å². The average molecular weight is 256 g/mol. The molecule has 0 aromatic heterocycles. The highest BCUT2D eigenvalue weighted by atomic mass is 28.4. The second kappa shape index (κ2) is 5.66. The average Bonchev–Trinajstić information content (AvgIpc) is 2.95. The molecule has 0 spiro atoms. The Balaban J connectivity index is 2.66. The van der Waals surface area contributed by atoms with Gasteiger partial charge in [-0.25, -0.2) is 0 Å². The maximum Gasteiger partial charge on any atom is 0.200 e. The van der Waals surface area contributed by atoms with Crippen LogP contribution in [0.2, 0.25) is 16.6 Å². The minimum absolute atomic E-state index is 0.285. The van der Waals surface area contributed by atoms with E-state index < -0.39 is 8.32 Å². The number of hydrogen-bond acceptors (Lipinski definition) is 2. The van der Waals surface area contributed by atoms with Gasteiger partial charge >= 0.3 is 0 Å². The highest BCUT2D eigenvalue weighted by Crippen LogP contribution is 2.45. The van der Waals surface area contributed by atoms with Crippen LogP contribution in [0.1, 0.15) is 48.0 Å². The zero-order valence-electron chi connectivity index (χ0n) is 12.2. The fourth-order valence-electron chi connectivity index (χ4n) is 3.38. The summed E-state index contributed by atoms with van der Waals surface area (Å²) in [4.78, 5) is 10.7. The van der Waals surface area contributed by atoms with E-state index in [9.17, 15) is 4.79 Å². The van der Waals surface area contributed by atoms with E-state index in [2.05, 4.69) is 41.5 Å². The summed E-state index contributed by atoms with van der Waals surface area (Å²) in [5.41, 5.74) is 1.91. The van der Waals surface area contributed by atoms with Crippen molar-refractivity contribution in [2.45, 2.75) is 64.6 Å². The molecule has 0 bridgehead atoms. The summed E-state index contributed by atoms with van der Waals surface area (Å²) in [6.45, 7) is 14.6. The maximum absolute atomic E-state index is 10.7. The zero-order chi connectivity index (χ0) is 13.2. The molecule has 3 heteroatoms. The van der Waals surface area contributed by atoms with E-state index in [1.54, 1.807) is 0 Å². The van der Waals surface area contributed by atoms with Crippen molar-refractivity contribution >= 4 is 14.6 Å². The smallest absolute Gasteiger partial charge is 0.200 e. The lowest BCUT2D eigenvalue weighted by Crippen LogP contribution is -2.48. The van der Waals surface area contributed by atoms with E-state index in [1.807, 2.05) is 0 Å². The summed E-state index contributed by atoms with van der Waals surface area (Å²) in [5.74, 6) is 0.795. The van der Waals surface area contributed by atoms with Gasteiger partial charge in [0.05, 0.1) is 0 Å². The summed E-state index contributed by atoms with van der Waals surface area (Å²) < 4.78 is 6.45. The van der Waals surface area contributed by atoms with Gasteiger partial charge in [-0.3, -0.25) is 0 Å². The minimum atomic E-state index is -1.71. The van der Waals surface area contributed by atoms with Crippen LogP contribution in [0.4, 0.5) is 0 Å². The van der Waals surface area contributed by atoms with Gasteiger partial charge < -0.3 is 9.22 Å². The molecule has 0 aromatic rings. The van der Waals surface area contributed by atoms with Crippen LogP contribution in [0.3, 0.4) is 0 Å². The van der Waals surface area contributed by atoms with E-state index in [0.717, 1.165) is 19.3 Å². The van der Waals surface area contributed by atoms with Gasteiger partial charge in [-0.15, -0.1) is 0 Å². The van der Waals surface area contributed by atoms with Crippen LogP contribution in [0.5, 0.6) is 0 Å². The Kier molecular flexibility index (Phi) is 4.96. The Morgan fingerprint density at radius 1 is 1.12 bits per heavy atom. The molecular formula is C14H28O2Si. The summed E-state index contributed by atoms with van der Waals surface area (Å²) in [7, 11) is -1.71. The molecule has 100 valence electrons. The molecular weight excluding hydrogens is 228 g/mol. The predicted octanol–water partition coefficient (Wildman–Crippen LogP) is 4.01. The normalized spacial score (nSPS) is 24.8. The molecule has 0 aliphatic heterocycles. The van der Waals surface area contributed by atoms with Crippen LogP contribution < -0.4 is 0 Å². The lowest BCUT2D eigenvalue weighted by molar-refractivity contribution is -0.109. The van der Waals surface area contributed by atoms with E-state index >= 15 is 0 Å². The highest BCUT2D eigenvalue weighted by molar-refractivity contribution is 6.77. The van der Waals surface area contributed by atoms with Gasteiger partial charge in [0.25, 0.3) is 0 Å². The summed E-state index contributed by atoms with van der Waals surface area (Å²) in [5, 5.41) is 0. The van der Waals surface area contributed by atoms with Gasteiger partial charge in [0.2, 0.25) is 0 Å². The largest absolute Gasteiger partial charge is 0.416 e. The van der Waals surface area contributed by atoms with Crippen LogP contribution in [0, 0.1) is 11.8 Å². The predicted molar refractivity (Wildman–Crippen MR) is 74.7 cm³/mol. The summed E-state index contributed by atoms with van der Waals surface area (Å²) in [6.07, 6.45) is 2.14. The number of aldehydes is 1. The number of carbonyl (C=O) groups excluding carboxylic acids is 1. The number of rotatable bonds is 7. The fourth-order valence-corrected chi connectivity index (χ4v) is 8.88. The lowest BCUT2D eigenvalue weighted by atomic mass is 10.4. The second-order valence-corrected chi connectivity index (χ2v) is 11.9. The lowest BCUT2D eigenvalue weighted by Gasteiger charge is -2.42. The highest BCUT2D eigenvalue weighted by Gasteiger charge is 2.47. The van der Waals surface area contributed by atoms with Crippen molar-refractivity contribution < 1.29 is 9.22 Å². The fraction of sp³-hybridized carbons (Fsp3) is 0.929. The third-order valence-electron chi connectivity index (χ3n) is 4.41. The first-order valence-corrected chi connectivity index (χ1v) is 9.09. The van der Waals surface area contributed by atoms with Crippen LogP contribution in [0.25, 0.3) is 0 Å². The van der Waals surface area contributed by atoms with Gasteiger partial charge in [0.15, 0.2) is 8.32 Å². The van der Waals surface area contributed by atoms with E-state index in [4.69, 9.17) is 4.43 Å². The molecule has 2 nitrogen and oxygen atoms in total. The summed E-state index contributed by atoms with van der Waals surface area (Å²) >= 11 is 0. The van der Waals surface area contributed by atoms with Crippen molar-refractivity contribution in [2.24, 2.45) is 11.8 Å². The first-order chi connectivity index (χ1) is 7.86. The monoisotopic (exact) mass is 256 g/mol. The quantitative estimate of drug-likeness (QED) is 0.508. The molecule has 1 aliphatic carbocycles. The molecule has 1 aliphatic rings. The zero-order valence-corrected chi connectivity index (χ0v) is 13.2. The number of hydrogen-bond donors (Lipinski definition) is 0. The topological polar surface area (TPSA) is 26.3 Å². The Morgan fingerprint density at radius 2 is 1.59 bits per heavy atom. The van der Waals surface area contributed by atoms with Crippen molar-refractivity contribution in [3.05, 3.63) is 0 Å². The van der Waals surface area contributed by atoms with Crippen LogP contribution in [-0.4, -0.2) is 21.2 Å². The molecule has 1 saturated carbocycles. The van der Waals surface area contributed by atoms with Gasteiger partial charge in [-0.1, -0.05) is 41.5 Å². The van der Waals surface area contributed by atoms with E-state index in [1.165, 1.54) is 0 Å². The first kappa shape index (κ1) is 14.9. The van der Waals surface area contributed by atoms with Crippen molar-refractivity contribution in [3.63, 3.8) is 0 Å². The number of carbonyl (C=O) groups is 1. The second-order valence-electron chi connectivity index (χ2n) is 6.42. The molecule has 2 atom stereocenters. The van der Waals surface area contributed by atoms with E-state index in [0.29, 0.717) is 22.5 Å². The third kappa shape index (κ3) is 3.00. The third-order valence-corrected chi connectivity index (χ3v) is 10.5. The maximum atomic E-state index is 10.7. The van der Waals surface area contributed by atoms with Gasteiger partial charge in [-0.05, 0) is 29.0 Å². The molecule has 0 unspecified atom stereocenters. The Hall–Kier alpha value is -0.153. The molecule has 0 heterocycles. The molecule has 1 fully saturated rings. The molecule has 0 amide bonds. The van der Waals surface area contributed by atoms with Crippen molar-refractivity contribution in [1.29, 1.82) is 0 Å². The molecule has 0 N–H and O–H groups in total. The van der Waals surface area contributed by atoms with Gasteiger partial charge in [0, 0.05) is 12.5 Å².